The van der Waals surface area contributed by atoms with Crippen LogP contribution in [0.5, 0.6) is 0 Å². The van der Waals surface area contributed by atoms with Gasteiger partial charge in [0.15, 0.2) is 0 Å². The van der Waals surface area contributed by atoms with E-state index in [0.717, 1.165) is 17.0 Å². The van der Waals surface area contributed by atoms with Crippen LogP contribution in [-0.4, -0.2) is 9.97 Å². The molecule has 0 spiro atoms. The van der Waals surface area contributed by atoms with Gasteiger partial charge in [-0.1, -0.05) is 45.0 Å². The van der Waals surface area contributed by atoms with Crippen LogP contribution in [0.4, 0.5) is 0 Å². The van der Waals surface area contributed by atoms with E-state index in [4.69, 9.17) is 5.84 Å². The third-order valence-electron chi connectivity index (χ3n) is 3.37. The lowest BCUT2D eigenvalue weighted by Gasteiger charge is -2.21. The first-order chi connectivity index (χ1) is 9.41. The zero-order valence-electron chi connectivity index (χ0n) is 12.5. The molecule has 1 unspecified atom stereocenters. The second-order valence-electron chi connectivity index (χ2n) is 6.05. The topological polar surface area (TPSA) is 63.8 Å². The molecule has 0 aliphatic heterocycles. The predicted molar refractivity (Wildman–Crippen MR) is 81.1 cm³/mol. The molecule has 4 nitrogen and oxygen atoms in total. The van der Waals surface area contributed by atoms with Gasteiger partial charge in [0.2, 0.25) is 0 Å². The van der Waals surface area contributed by atoms with Crippen LogP contribution in [0.25, 0.3) is 0 Å². The molecule has 3 N–H and O–H groups in total. The molecule has 0 amide bonds. The lowest BCUT2D eigenvalue weighted by molar-refractivity contribution is 0.586. The molecule has 20 heavy (non-hydrogen) atoms. The highest BCUT2D eigenvalue weighted by molar-refractivity contribution is 5.32. The molecule has 1 heterocycles. The van der Waals surface area contributed by atoms with Gasteiger partial charge in [0, 0.05) is 6.20 Å². The van der Waals surface area contributed by atoms with Crippen molar-refractivity contribution in [1.82, 2.24) is 15.4 Å². The molecular weight excluding hydrogens is 248 g/mol. The standard InChI is InChI=1S/C16H22N4/c1-11-9-19-14(10-18-11)15(20-17)12-5-7-13(8-6-12)16(2,3)4/h5-10,15,20H,17H2,1-4H3. The lowest BCUT2D eigenvalue weighted by atomic mass is 9.86. The van der Waals surface area contributed by atoms with Gasteiger partial charge in [0.1, 0.15) is 0 Å². The first-order valence-electron chi connectivity index (χ1n) is 6.77. The number of nitrogens with zero attached hydrogens (tertiary/aromatic N) is 2. The molecule has 0 fully saturated rings. The molecule has 0 aliphatic rings. The van der Waals surface area contributed by atoms with Gasteiger partial charge in [-0.05, 0) is 23.5 Å². The molecule has 1 atom stereocenters. The molecule has 2 aromatic rings. The van der Waals surface area contributed by atoms with E-state index < -0.39 is 0 Å². The number of hydrazine groups is 1. The molecule has 2 rings (SSSR count). The Morgan fingerprint density at radius 1 is 1.05 bits per heavy atom. The molecule has 1 aromatic heterocycles. The molecule has 106 valence electrons. The fourth-order valence-electron chi connectivity index (χ4n) is 2.08. The second kappa shape index (κ2) is 5.69. The maximum Gasteiger partial charge on any atom is 0.0897 e. The van der Waals surface area contributed by atoms with Crippen LogP contribution < -0.4 is 11.3 Å². The van der Waals surface area contributed by atoms with Gasteiger partial charge in [-0.15, -0.1) is 0 Å². The summed E-state index contributed by atoms with van der Waals surface area (Å²) in [5.41, 5.74) is 7.05. The third-order valence-corrected chi connectivity index (χ3v) is 3.37. The smallest absolute Gasteiger partial charge is 0.0897 e. The van der Waals surface area contributed by atoms with Crippen LogP contribution in [0.1, 0.15) is 49.3 Å². The van der Waals surface area contributed by atoms with Crippen molar-refractivity contribution in [3.63, 3.8) is 0 Å². The number of hydrogen-bond donors (Lipinski definition) is 2. The van der Waals surface area contributed by atoms with E-state index in [0.29, 0.717) is 0 Å². The van der Waals surface area contributed by atoms with Gasteiger partial charge in [-0.2, -0.15) is 0 Å². The number of aromatic nitrogens is 2. The Bertz CT molecular complexity index is 553. The fraction of sp³-hybridized carbons (Fsp3) is 0.375. The van der Waals surface area contributed by atoms with Crippen molar-refractivity contribution >= 4 is 0 Å². The molecule has 0 saturated heterocycles. The molecule has 0 bridgehead atoms. The maximum atomic E-state index is 5.68. The van der Waals surface area contributed by atoms with Gasteiger partial charge < -0.3 is 0 Å². The Kier molecular flexibility index (Phi) is 4.16. The normalized spacial score (nSPS) is 13.2. The van der Waals surface area contributed by atoms with E-state index in [1.54, 1.807) is 12.4 Å². The Morgan fingerprint density at radius 3 is 2.15 bits per heavy atom. The fourth-order valence-corrected chi connectivity index (χ4v) is 2.08. The molecule has 0 saturated carbocycles. The maximum absolute atomic E-state index is 5.68. The van der Waals surface area contributed by atoms with Crippen molar-refractivity contribution in [2.75, 3.05) is 0 Å². The number of rotatable bonds is 3. The van der Waals surface area contributed by atoms with Gasteiger partial charge in [0.05, 0.1) is 23.6 Å². The highest BCUT2D eigenvalue weighted by Gasteiger charge is 2.17. The van der Waals surface area contributed by atoms with Crippen molar-refractivity contribution < 1.29 is 0 Å². The van der Waals surface area contributed by atoms with Gasteiger partial charge in [0.25, 0.3) is 0 Å². The molecular formula is C16H22N4. The first-order valence-corrected chi connectivity index (χ1v) is 6.77. The minimum Gasteiger partial charge on any atom is -0.271 e. The van der Waals surface area contributed by atoms with Crippen LogP contribution in [-0.2, 0) is 5.41 Å². The molecule has 1 aromatic carbocycles. The van der Waals surface area contributed by atoms with Crippen LogP contribution in [0.2, 0.25) is 0 Å². The monoisotopic (exact) mass is 270 g/mol. The van der Waals surface area contributed by atoms with Crippen LogP contribution in [0.3, 0.4) is 0 Å². The van der Waals surface area contributed by atoms with Crippen LogP contribution in [0, 0.1) is 6.92 Å². The summed E-state index contributed by atoms with van der Waals surface area (Å²) in [6.07, 6.45) is 3.51. The Hall–Kier alpha value is -1.78. The van der Waals surface area contributed by atoms with E-state index in [-0.39, 0.29) is 11.5 Å². The van der Waals surface area contributed by atoms with Crippen molar-refractivity contribution in [3.05, 3.63) is 59.2 Å². The Labute approximate surface area is 120 Å². The summed E-state index contributed by atoms with van der Waals surface area (Å²) < 4.78 is 0. The lowest BCUT2D eigenvalue weighted by Crippen LogP contribution is -2.29. The summed E-state index contributed by atoms with van der Waals surface area (Å²) in [6.45, 7) is 8.52. The third kappa shape index (κ3) is 3.21. The van der Waals surface area contributed by atoms with Crippen molar-refractivity contribution in [2.45, 2.75) is 39.2 Å². The quantitative estimate of drug-likeness (QED) is 0.665. The average molecular weight is 270 g/mol. The highest BCUT2D eigenvalue weighted by Crippen LogP contribution is 2.25. The van der Waals surface area contributed by atoms with Crippen molar-refractivity contribution in [3.8, 4) is 0 Å². The van der Waals surface area contributed by atoms with Gasteiger partial charge in [-0.3, -0.25) is 15.8 Å². The highest BCUT2D eigenvalue weighted by atomic mass is 15.2. The summed E-state index contributed by atoms with van der Waals surface area (Å²) >= 11 is 0. The molecule has 4 heteroatoms. The number of aryl methyl sites for hydroxylation is 1. The number of hydrogen-bond acceptors (Lipinski definition) is 4. The van der Waals surface area contributed by atoms with Crippen molar-refractivity contribution in [2.24, 2.45) is 5.84 Å². The summed E-state index contributed by atoms with van der Waals surface area (Å²) in [4.78, 5) is 8.66. The van der Waals surface area contributed by atoms with Gasteiger partial charge in [-0.25, -0.2) is 5.43 Å². The number of nitrogens with two attached hydrogens (primary N) is 1. The molecule has 0 aliphatic carbocycles. The first kappa shape index (κ1) is 14.6. The SMILES string of the molecule is Cc1cnc(C(NN)c2ccc(C(C)(C)C)cc2)cn1. The van der Waals surface area contributed by atoms with E-state index in [2.05, 4.69) is 60.4 Å². The Morgan fingerprint density at radius 2 is 1.70 bits per heavy atom. The van der Waals surface area contributed by atoms with Crippen LogP contribution in [0.15, 0.2) is 36.7 Å². The summed E-state index contributed by atoms with van der Waals surface area (Å²) in [6, 6.07) is 8.32. The average Bonchev–Trinajstić information content (AvgIpc) is 2.41. The predicted octanol–water partition coefficient (Wildman–Crippen LogP) is 2.64. The van der Waals surface area contributed by atoms with E-state index in [1.807, 2.05) is 6.92 Å². The largest absolute Gasteiger partial charge is 0.271 e. The minimum absolute atomic E-state index is 0.142. The summed E-state index contributed by atoms with van der Waals surface area (Å²) in [7, 11) is 0. The van der Waals surface area contributed by atoms with Crippen molar-refractivity contribution in [1.29, 1.82) is 0 Å². The second-order valence-corrected chi connectivity index (χ2v) is 6.05. The molecule has 0 radical (unpaired) electrons. The van der Waals surface area contributed by atoms with E-state index in [1.165, 1.54) is 5.56 Å². The van der Waals surface area contributed by atoms with E-state index in [9.17, 15) is 0 Å². The number of benzene rings is 1. The van der Waals surface area contributed by atoms with Crippen LogP contribution >= 0.6 is 0 Å². The minimum atomic E-state index is -0.142. The Balaban J connectivity index is 2.30. The number of nitrogens with one attached hydrogen (secondary N) is 1. The zero-order valence-corrected chi connectivity index (χ0v) is 12.5. The van der Waals surface area contributed by atoms with Gasteiger partial charge >= 0.3 is 0 Å². The zero-order chi connectivity index (χ0) is 14.8. The summed E-state index contributed by atoms with van der Waals surface area (Å²) in [5.74, 6) is 5.68. The summed E-state index contributed by atoms with van der Waals surface area (Å²) in [5, 5.41) is 0. The van der Waals surface area contributed by atoms with E-state index >= 15 is 0 Å².